The minimum Gasteiger partial charge on any atom is -0.351 e. The minimum atomic E-state index is 0.423. The fourth-order valence-electron chi connectivity index (χ4n) is 3.81. The average Bonchev–Trinajstić information content (AvgIpc) is 3.09. The molecule has 1 aliphatic carbocycles. The summed E-state index contributed by atoms with van der Waals surface area (Å²) in [7, 11) is 2.11. The molecule has 0 unspecified atom stereocenters. The van der Waals surface area contributed by atoms with Crippen molar-refractivity contribution in [2.45, 2.75) is 31.7 Å². The van der Waals surface area contributed by atoms with Crippen molar-refractivity contribution in [3.8, 4) is 0 Å². The van der Waals surface area contributed by atoms with Gasteiger partial charge in [-0.05, 0) is 43.4 Å². The topological polar surface area (TPSA) is 62.5 Å². The number of likely N-dealkylation sites (N-methyl/N-ethyl adjacent to an activating group) is 1. The summed E-state index contributed by atoms with van der Waals surface area (Å²) in [4.78, 5) is 9.11. The van der Waals surface area contributed by atoms with Gasteiger partial charge >= 0.3 is 0 Å². The van der Waals surface area contributed by atoms with E-state index in [4.69, 9.17) is 0 Å². The predicted molar refractivity (Wildman–Crippen MR) is 96.1 cm³/mol. The van der Waals surface area contributed by atoms with E-state index in [-0.39, 0.29) is 0 Å². The molecule has 128 valence electrons. The Balaban J connectivity index is 1.32. The van der Waals surface area contributed by atoms with E-state index in [1.54, 1.807) is 6.20 Å². The highest BCUT2D eigenvalue weighted by Crippen LogP contribution is 2.28. The van der Waals surface area contributed by atoms with E-state index in [2.05, 4.69) is 43.2 Å². The van der Waals surface area contributed by atoms with Gasteiger partial charge < -0.3 is 9.80 Å². The van der Waals surface area contributed by atoms with Gasteiger partial charge in [0.15, 0.2) is 11.6 Å². The summed E-state index contributed by atoms with van der Waals surface area (Å²) in [6.07, 6.45) is 10.2. The Morgan fingerprint density at radius 1 is 1.12 bits per heavy atom. The molecule has 0 bridgehead atoms. The summed E-state index contributed by atoms with van der Waals surface area (Å²) < 4.78 is 1.87. The summed E-state index contributed by atoms with van der Waals surface area (Å²) in [5, 5.41) is 13.2. The molecule has 3 aromatic rings. The van der Waals surface area contributed by atoms with Crippen molar-refractivity contribution >= 4 is 17.2 Å². The normalized spacial score (nSPS) is 17.4. The van der Waals surface area contributed by atoms with Gasteiger partial charge in [-0.25, -0.2) is 9.50 Å². The molecule has 1 fully saturated rings. The van der Waals surface area contributed by atoms with Gasteiger partial charge in [0.2, 0.25) is 0 Å². The van der Waals surface area contributed by atoms with Crippen molar-refractivity contribution in [3.05, 3.63) is 42.0 Å². The van der Waals surface area contributed by atoms with Crippen molar-refractivity contribution in [3.63, 3.8) is 0 Å². The molecule has 3 aromatic heterocycles. The fraction of sp³-hybridized carbons (Fsp3) is 0.444. The van der Waals surface area contributed by atoms with E-state index in [0.29, 0.717) is 6.04 Å². The Kier molecular flexibility index (Phi) is 3.33. The Morgan fingerprint density at radius 3 is 2.92 bits per heavy atom. The van der Waals surface area contributed by atoms with Crippen molar-refractivity contribution in [1.29, 1.82) is 0 Å². The van der Waals surface area contributed by atoms with Crippen LogP contribution in [0.3, 0.4) is 0 Å². The lowest BCUT2D eigenvalue weighted by Gasteiger charge is -2.45. The number of hydrogen-bond acceptors (Lipinski definition) is 6. The molecule has 0 radical (unpaired) electrons. The van der Waals surface area contributed by atoms with Crippen LogP contribution in [0.4, 0.5) is 11.6 Å². The molecule has 1 aliphatic heterocycles. The highest BCUT2D eigenvalue weighted by atomic mass is 15.4. The summed E-state index contributed by atoms with van der Waals surface area (Å²) in [6, 6.07) is 4.67. The zero-order valence-electron chi connectivity index (χ0n) is 14.3. The summed E-state index contributed by atoms with van der Waals surface area (Å²) >= 11 is 0. The molecule has 0 atom stereocenters. The summed E-state index contributed by atoms with van der Waals surface area (Å²) in [6.45, 7) is 1.89. The average molecular weight is 335 g/mol. The Hall–Kier alpha value is -2.70. The van der Waals surface area contributed by atoms with Gasteiger partial charge in [0.25, 0.3) is 0 Å². The highest BCUT2D eigenvalue weighted by molar-refractivity contribution is 5.69. The van der Waals surface area contributed by atoms with Crippen molar-refractivity contribution < 1.29 is 0 Å². The molecule has 0 N–H and O–H groups in total. The molecule has 0 spiro atoms. The van der Waals surface area contributed by atoms with Gasteiger partial charge in [-0.15, -0.1) is 5.10 Å². The van der Waals surface area contributed by atoms with Gasteiger partial charge in [0.05, 0.1) is 17.9 Å². The highest BCUT2D eigenvalue weighted by Gasteiger charge is 2.33. The maximum absolute atomic E-state index is 4.56. The Bertz CT molecular complexity index is 913. The van der Waals surface area contributed by atoms with Crippen LogP contribution < -0.4 is 9.80 Å². The molecular weight excluding hydrogens is 314 g/mol. The van der Waals surface area contributed by atoms with Gasteiger partial charge in [0.1, 0.15) is 5.52 Å². The van der Waals surface area contributed by atoms with Gasteiger partial charge in [-0.3, -0.25) is 0 Å². The third kappa shape index (κ3) is 2.42. The summed E-state index contributed by atoms with van der Waals surface area (Å²) in [5.74, 6) is 1.99. The Labute approximate surface area is 146 Å². The first-order chi connectivity index (χ1) is 12.3. The van der Waals surface area contributed by atoms with Crippen LogP contribution in [-0.2, 0) is 12.8 Å². The van der Waals surface area contributed by atoms with E-state index in [1.165, 1.54) is 24.1 Å². The lowest BCUT2D eigenvalue weighted by molar-refractivity contribution is 0.486. The van der Waals surface area contributed by atoms with Crippen LogP contribution in [0.5, 0.6) is 0 Å². The van der Waals surface area contributed by atoms with Crippen LogP contribution in [0.1, 0.15) is 24.1 Å². The van der Waals surface area contributed by atoms with Gasteiger partial charge in [-0.2, -0.15) is 10.2 Å². The molecule has 7 nitrogen and oxygen atoms in total. The molecule has 25 heavy (non-hydrogen) atoms. The maximum atomic E-state index is 4.56. The second-order valence-corrected chi connectivity index (χ2v) is 6.96. The molecular formula is C18H21N7. The first kappa shape index (κ1) is 14.6. The molecule has 0 saturated carbocycles. The number of aromatic nitrogens is 5. The largest absolute Gasteiger partial charge is 0.351 e. The second-order valence-electron chi connectivity index (χ2n) is 6.96. The lowest BCUT2D eigenvalue weighted by atomic mass is 9.96. The van der Waals surface area contributed by atoms with Crippen molar-refractivity contribution in [1.82, 2.24) is 24.8 Å². The number of anilines is 2. The Morgan fingerprint density at radius 2 is 2.00 bits per heavy atom. The van der Waals surface area contributed by atoms with Crippen molar-refractivity contribution in [2.24, 2.45) is 0 Å². The quantitative estimate of drug-likeness (QED) is 0.726. The van der Waals surface area contributed by atoms with Gasteiger partial charge in [0, 0.05) is 32.5 Å². The first-order valence-corrected chi connectivity index (χ1v) is 8.91. The molecule has 0 aromatic carbocycles. The molecule has 4 heterocycles. The zero-order chi connectivity index (χ0) is 16.8. The molecule has 1 saturated heterocycles. The number of hydrogen-bond donors (Lipinski definition) is 0. The third-order valence-corrected chi connectivity index (χ3v) is 5.43. The number of aryl methyl sites for hydroxylation is 2. The van der Waals surface area contributed by atoms with E-state index in [0.717, 1.165) is 43.1 Å². The van der Waals surface area contributed by atoms with E-state index >= 15 is 0 Å². The van der Waals surface area contributed by atoms with Crippen molar-refractivity contribution in [2.75, 3.05) is 29.9 Å². The summed E-state index contributed by atoms with van der Waals surface area (Å²) in [5.41, 5.74) is 3.62. The lowest BCUT2D eigenvalue weighted by Crippen LogP contribution is -2.59. The SMILES string of the molecule is CN(c1nccn2nccc12)C1CN(c2cc3c(nn2)CCCC3)C1. The predicted octanol–water partition coefficient (Wildman–Crippen LogP) is 1.72. The maximum Gasteiger partial charge on any atom is 0.154 e. The minimum absolute atomic E-state index is 0.423. The van der Waals surface area contributed by atoms with Crippen LogP contribution in [0.25, 0.3) is 5.52 Å². The van der Waals surface area contributed by atoms with E-state index in [9.17, 15) is 0 Å². The van der Waals surface area contributed by atoms with Crippen LogP contribution in [0, 0.1) is 0 Å². The second kappa shape index (κ2) is 5.68. The van der Waals surface area contributed by atoms with E-state index < -0.39 is 0 Å². The standard InChI is InChI=1S/C18H21N7/c1-23(18-16-6-7-20-25(16)9-8-19-18)14-11-24(12-14)17-10-13-4-2-3-5-15(13)21-22-17/h6-10,14H,2-5,11-12H2,1H3. The van der Waals surface area contributed by atoms with Gasteiger partial charge in [-0.1, -0.05) is 0 Å². The smallest absolute Gasteiger partial charge is 0.154 e. The molecule has 2 aliphatic rings. The zero-order valence-corrected chi connectivity index (χ0v) is 14.3. The molecule has 0 amide bonds. The fourth-order valence-corrected chi connectivity index (χ4v) is 3.81. The van der Waals surface area contributed by atoms with Crippen LogP contribution >= 0.6 is 0 Å². The number of rotatable bonds is 3. The molecule has 5 rings (SSSR count). The van der Waals surface area contributed by atoms with E-state index in [1.807, 2.05) is 23.0 Å². The van der Waals surface area contributed by atoms with Crippen LogP contribution in [0.15, 0.2) is 30.7 Å². The number of fused-ring (bicyclic) bond motifs is 2. The number of nitrogens with zero attached hydrogens (tertiary/aromatic N) is 7. The third-order valence-electron chi connectivity index (χ3n) is 5.43. The van der Waals surface area contributed by atoms with Crippen LogP contribution in [0.2, 0.25) is 0 Å². The van der Waals surface area contributed by atoms with Crippen LogP contribution in [-0.4, -0.2) is 51.0 Å². The molecule has 7 heteroatoms. The first-order valence-electron chi connectivity index (χ1n) is 8.91. The monoisotopic (exact) mass is 335 g/mol.